The lowest BCUT2D eigenvalue weighted by molar-refractivity contribution is -0.130. The van der Waals surface area contributed by atoms with Crippen molar-refractivity contribution < 1.29 is 9.84 Å². The van der Waals surface area contributed by atoms with Gasteiger partial charge in [0.15, 0.2) is 0 Å². The third kappa shape index (κ3) is 1.48. The third-order valence-corrected chi connectivity index (χ3v) is 2.06. The SMILES string of the molecule is CC1CC(N)OC(C)C1O. The molecule has 4 unspecified atom stereocenters. The van der Waals surface area contributed by atoms with Crippen molar-refractivity contribution >= 4 is 0 Å². The molecule has 1 rings (SSSR count). The molecule has 0 spiro atoms. The van der Waals surface area contributed by atoms with E-state index < -0.39 is 0 Å². The standard InChI is InChI=1S/C7H15NO2/c1-4-3-6(8)10-5(2)7(4)9/h4-7,9H,3,8H2,1-2H3. The molecule has 1 fully saturated rings. The van der Waals surface area contributed by atoms with E-state index in [4.69, 9.17) is 10.5 Å². The lowest BCUT2D eigenvalue weighted by atomic mass is 9.94. The smallest absolute Gasteiger partial charge is 0.106 e. The summed E-state index contributed by atoms with van der Waals surface area (Å²) >= 11 is 0. The highest BCUT2D eigenvalue weighted by Gasteiger charge is 2.30. The fourth-order valence-corrected chi connectivity index (χ4v) is 1.38. The number of hydrogen-bond donors (Lipinski definition) is 2. The molecular weight excluding hydrogens is 130 g/mol. The van der Waals surface area contributed by atoms with Crippen LogP contribution in [0.15, 0.2) is 0 Å². The zero-order chi connectivity index (χ0) is 7.72. The minimum Gasteiger partial charge on any atom is -0.390 e. The monoisotopic (exact) mass is 145 g/mol. The fraction of sp³-hybridized carbons (Fsp3) is 1.00. The summed E-state index contributed by atoms with van der Waals surface area (Å²) in [6.07, 6.45) is 0.109. The van der Waals surface area contributed by atoms with E-state index in [1.807, 2.05) is 13.8 Å². The van der Waals surface area contributed by atoms with Crippen molar-refractivity contribution in [2.24, 2.45) is 11.7 Å². The third-order valence-electron chi connectivity index (χ3n) is 2.06. The fourth-order valence-electron chi connectivity index (χ4n) is 1.38. The maximum Gasteiger partial charge on any atom is 0.106 e. The summed E-state index contributed by atoms with van der Waals surface area (Å²) in [5.41, 5.74) is 5.54. The quantitative estimate of drug-likeness (QED) is 0.507. The van der Waals surface area contributed by atoms with Gasteiger partial charge in [0, 0.05) is 0 Å². The van der Waals surface area contributed by atoms with E-state index in [0.29, 0.717) is 0 Å². The van der Waals surface area contributed by atoms with Gasteiger partial charge in [-0.1, -0.05) is 6.92 Å². The van der Waals surface area contributed by atoms with E-state index in [1.54, 1.807) is 0 Å². The first-order chi connectivity index (χ1) is 4.61. The Morgan fingerprint density at radius 2 is 2.10 bits per heavy atom. The Morgan fingerprint density at radius 1 is 1.50 bits per heavy atom. The van der Waals surface area contributed by atoms with Crippen LogP contribution in [0.25, 0.3) is 0 Å². The van der Waals surface area contributed by atoms with Gasteiger partial charge in [0.2, 0.25) is 0 Å². The second-order valence-electron chi connectivity index (χ2n) is 3.08. The van der Waals surface area contributed by atoms with Gasteiger partial charge in [-0.2, -0.15) is 0 Å². The lowest BCUT2D eigenvalue weighted by Gasteiger charge is -2.34. The molecule has 0 aromatic heterocycles. The number of ether oxygens (including phenoxy) is 1. The first-order valence-electron chi connectivity index (χ1n) is 3.70. The van der Waals surface area contributed by atoms with Crippen LogP contribution in [0.3, 0.4) is 0 Å². The summed E-state index contributed by atoms with van der Waals surface area (Å²) in [4.78, 5) is 0. The maximum absolute atomic E-state index is 9.38. The number of nitrogens with two attached hydrogens (primary N) is 1. The van der Waals surface area contributed by atoms with E-state index in [9.17, 15) is 5.11 Å². The molecule has 10 heavy (non-hydrogen) atoms. The van der Waals surface area contributed by atoms with Gasteiger partial charge < -0.3 is 15.6 Å². The zero-order valence-electron chi connectivity index (χ0n) is 6.45. The van der Waals surface area contributed by atoms with Gasteiger partial charge in [-0.05, 0) is 19.3 Å². The molecule has 1 heterocycles. The van der Waals surface area contributed by atoms with E-state index in [-0.39, 0.29) is 24.4 Å². The molecule has 1 aliphatic rings. The molecule has 60 valence electrons. The topological polar surface area (TPSA) is 55.5 Å². The van der Waals surface area contributed by atoms with Gasteiger partial charge >= 0.3 is 0 Å². The average Bonchev–Trinajstić information content (AvgIpc) is 1.82. The largest absolute Gasteiger partial charge is 0.390 e. The van der Waals surface area contributed by atoms with Gasteiger partial charge in [0.1, 0.15) is 6.23 Å². The first-order valence-corrected chi connectivity index (χ1v) is 3.70. The van der Waals surface area contributed by atoms with E-state index in [2.05, 4.69) is 0 Å². The molecule has 0 aromatic carbocycles. The maximum atomic E-state index is 9.38. The van der Waals surface area contributed by atoms with Crippen LogP contribution < -0.4 is 5.73 Å². The number of rotatable bonds is 0. The second kappa shape index (κ2) is 2.86. The predicted octanol–water partition coefficient (Wildman–Crippen LogP) is 0.0770. The molecule has 0 amide bonds. The molecule has 0 radical (unpaired) electrons. The molecule has 3 heteroatoms. The molecule has 0 aliphatic carbocycles. The van der Waals surface area contributed by atoms with Crippen molar-refractivity contribution in [2.45, 2.75) is 38.7 Å². The van der Waals surface area contributed by atoms with Gasteiger partial charge in [-0.3, -0.25) is 0 Å². The van der Waals surface area contributed by atoms with Crippen molar-refractivity contribution in [3.8, 4) is 0 Å². The Bertz CT molecular complexity index is 106. The van der Waals surface area contributed by atoms with Crippen LogP contribution in [0.1, 0.15) is 20.3 Å². The van der Waals surface area contributed by atoms with Crippen LogP contribution in [-0.4, -0.2) is 23.5 Å². The number of aliphatic hydroxyl groups excluding tert-OH is 1. The van der Waals surface area contributed by atoms with Crippen LogP contribution in [0.4, 0.5) is 0 Å². The molecule has 3 N–H and O–H groups in total. The summed E-state index contributed by atoms with van der Waals surface area (Å²) in [5.74, 6) is 0.263. The first kappa shape index (κ1) is 7.98. The van der Waals surface area contributed by atoms with Crippen LogP contribution >= 0.6 is 0 Å². The Kier molecular flexibility index (Phi) is 2.28. The Morgan fingerprint density at radius 3 is 2.60 bits per heavy atom. The summed E-state index contributed by atoms with van der Waals surface area (Å²) in [6.45, 7) is 3.84. The van der Waals surface area contributed by atoms with Crippen LogP contribution in [0, 0.1) is 5.92 Å². The van der Waals surface area contributed by atoms with E-state index in [0.717, 1.165) is 6.42 Å². The molecule has 1 saturated heterocycles. The summed E-state index contributed by atoms with van der Waals surface area (Å²) in [7, 11) is 0. The zero-order valence-corrected chi connectivity index (χ0v) is 6.45. The van der Waals surface area contributed by atoms with Gasteiger partial charge in [0.05, 0.1) is 12.2 Å². The Hall–Kier alpha value is -0.120. The summed E-state index contributed by atoms with van der Waals surface area (Å²) in [6, 6.07) is 0. The minimum absolute atomic E-state index is 0.112. The van der Waals surface area contributed by atoms with Gasteiger partial charge in [-0.25, -0.2) is 0 Å². The molecule has 1 aliphatic heterocycles. The van der Waals surface area contributed by atoms with Crippen LogP contribution in [0.5, 0.6) is 0 Å². The predicted molar refractivity (Wildman–Crippen MR) is 38.3 cm³/mol. The normalized spacial score (nSPS) is 49.2. The average molecular weight is 145 g/mol. The van der Waals surface area contributed by atoms with Crippen molar-refractivity contribution in [3.63, 3.8) is 0 Å². The highest BCUT2D eigenvalue weighted by Crippen LogP contribution is 2.22. The van der Waals surface area contributed by atoms with Crippen molar-refractivity contribution in [3.05, 3.63) is 0 Å². The number of hydrogen-bond acceptors (Lipinski definition) is 3. The van der Waals surface area contributed by atoms with E-state index >= 15 is 0 Å². The molecular formula is C7H15NO2. The van der Waals surface area contributed by atoms with Crippen LogP contribution in [-0.2, 0) is 4.74 Å². The second-order valence-corrected chi connectivity index (χ2v) is 3.08. The summed E-state index contributed by atoms with van der Waals surface area (Å²) in [5, 5.41) is 9.38. The van der Waals surface area contributed by atoms with Crippen LogP contribution in [0.2, 0.25) is 0 Å². The van der Waals surface area contributed by atoms with Crippen molar-refractivity contribution in [2.75, 3.05) is 0 Å². The molecule has 0 bridgehead atoms. The highest BCUT2D eigenvalue weighted by atomic mass is 16.5. The number of aliphatic hydroxyl groups is 1. The van der Waals surface area contributed by atoms with Gasteiger partial charge in [0.25, 0.3) is 0 Å². The van der Waals surface area contributed by atoms with E-state index in [1.165, 1.54) is 0 Å². The minimum atomic E-state index is -0.347. The highest BCUT2D eigenvalue weighted by molar-refractivity contribution is 4.78. The molecule has 4 atom stereocenters. The molecule has 0 aromatic rings. The van der Waals surface area contributed by atoms with Crippen molar-refractivity contribution in [1.82, 2.24) is 0 Å². The Balaban J connectivity index is 2.49. The molecule has 0 saturated carbocycles. The molecule has 3 nitrogen and oxygen atoms in total. The van der Waals surface area contributed by atoms with Gasteiger partial charge in [-0.15, -0.1) is 0 Å². The lowest BCUT2D eigenvalue weighted by Crippen LogP contribution is -2.45. The Labute approximate surface area is 61.2 Å². The summed E-state index contributed by atoms with van der Waals surface area (Å²) < 4.78 is 5.20. The van der Waals surface area contributed by atoms with Crippen molar-refractivity contribution in [1.29, 1.82) is 0 Å².